The monoisotopic (exact) mass is 786 g/mol. The molecule has 0 unspecified atom stereocenters. The molecule has 0 aliphatic carbocycles. The van der Waals surface area contributed by atoms with E-state index in [9.17, 15) is 0 Å². The first-order valence-electron chi connectivity index (χ1n) is 20.7. The number of hydrogen-bond donors (Lipinski definition) is 0. The van der Waals surface area contributed by atoms with Gasteiger partial charge in [-0.3, -0.25) is 9.55 Å². The highest BCUT2D eigenvalue weighted by Gasteiger charge is 2.43. The van der Waals surface area contributed by atoms with Crippen molar-refractivity contribution in [3.63, 3.8) is 0 Å². The molecular weight excluding hydrogens is 745 g/mol. The molecule has 4 heterocycles. The van der Waals surface area contributed by atoms with Crippen molar-refractivity contribution in [3.8, 4) is 17.1 Å². The van der Waals surface area contributed by atoms with Crippen LogP contribution in [0.5, 0.6) is 0 Å². The summed E-state index contributed by atoms with van der Waals surface area (Å²) >= 11 is 0. The molecule has 4 nitrogen and oxygen atoms in total. The Kier molecular flexibility index (Phi) is 8.46. The lowest BCUT2D eigenvalue weighted by Gasteiger charge is -2.42. The van der Waals surface area contributed by atoms with E-state index in [4.69, 9.17) is 9.97 Å². The zero-order valence-electron chi connectivity index (χ0n) is 33.6. The summed E-state index contributed by atoms with van der Waals surface area (Å²) in [6.45, 7) is 4.73. The van der Waals surface area contributed by atoms with Crippen LogP contribution in [-0.2, 0) is 5.41 Å². The van der Waals surface area contributed by atoms with Crippen LogP contribution in [0, 0.1) is 0 Å². The lowest BCUT2D eigenvalue weighted by atomic mass is 9.73. The van der Waals surface area contributed by atoms with Gasteiger partial charge < -0.3 is 4.90 Å². The van der Waals surface area contributed by atoms with Gasteiger partial charge in [-0.2, -0.15) is 0 Å². The van der Waals surface area contributed by atoms with Gasteiger partial charge in [0.2, 0.25) is 0 Å². The molecular formula is C55H42N4Si. The molecule has 3 aromatic heterocycles. The fraction of sp³-hybridized carbons (Fsp3) is 0.0545. The van der Waals surface area contributed by atoms with Crippen LogP contribution in [-0.4, -0.2) is 22.6 Å². The third-order valence-electron chi connectivity index (χ3n) is 12.6. The second kappa shape index (κ2) is 14.2. The Bertz CT molecular complexity index is 3120. The summed E-state index contributed by atoms with van der Waals surface area (Å²) in [5, 5.41) is 7.63. The third-order valence-corrected chi connectivity index (χ3v) is 17.4. The summed E-state index contributed by atoms with van der Waals surface area (Å²) in [7, 11) is -2.97. The first-order valence-corrected chi connectivity index (χ1v) is 22.7. The highest BCUT2D eigenvalue weighted by atomic mass is 28.3. The Morgan fingerprint density at radius 1 is 0.433 bits per heavy atom. The highest BCUT2D eigenvalue weighted by molar-refractivity contribution is 7.20. The Morgan fingerprint density at radius 3 is 1.75 bits per heavy atom. The van der Waals surface area contributed by atoms with Crippen molar-refractivity contribution in [1.82, 2.24) is 14.5 Å². The van der Waals surface area contributed by atoms with Gasteiger partial charge in [-0.25, -0.2) is 4.98 Å². The molecule has 7 aromatic carbocycles. The normalized spacial score (nSPS) is 13.3. The fourth-order valence-corrected chi connectivity index (χ4v) is 14.6. The Hall–Kier alpha value is -7.34. The molecule has 5 heteroatoms. The van der Waals surface area contributed by atoms with Crippen molar-refractivity contribution in [2.24, 2.45) is 0 Å². The van der Waals surface area contributed by atoms with E-state index in [0.29, 0.717) is 0 Å². The van der Waals surface area contributed by atoms with Gasteiger partial charge in [0.25, 0.3) is 0 Å². The van der Waals surface area contributed by atoms with Gasteiger partial charge in [0.1, 0.15) is 5.82 Å². The van der Waals surface area contributed by atoms with Gasteiger partial charge in [0.15, 0.2) is 8.07 Å². The van der Waals surface area contributed by atoms with Gasteiger partial charge >= 0.3 is 0 Å². The van der Waals surface area contributed by atoms with Crippen molar-refractivity contribution in [2.75, 3.05) is 4.90 Å². The highest BCUT2D eigenvalue weighted by Crippen LogP contribution is 2.53. The minimum Gasteiger partial charge on any atom is -0.310 e. The molecule has 1 aliphatic heterocycles. The number of aromatic nitrogens is 3. The molecule has 286 valence electrons. The molecule has 1 aliphatic rings. The van der Waals surface area contributed by atoms with Crippen molar-refractivity contribution < 1.29 is 0 Å². The van der Waals surface area contributed by atoms with Crippen LogP contribution in [0.15, 0.2) is 219 Å². The summed E-state index contributed by atoms with van der Waals surface area (Å²) in [6.07, 6.45) is 3.78. The maximum atomic E-state index is 5.04. The Morgan fingerprint density at radius 2 is 1.05 bits per heavy atom. The van der Waals surface area contributed by atoms with Crippen LogP contribution in [0.1, 0.15) is 25.0 Å². The summed E-state index contributed by atoms with van der Waals surface area (Å²) in [5.74, 6) is 0.896. The minimum atomic E-state index is -2.97. The topological polar surface area (TPSA) is 34.0 Å². The number of anilines is 3. The minimum absolute atomic E-state index is 0.261. The van der Waals surface area contributed by atoms with Gasteiger partial charge in [0.05, 0.1) is 28.1 Å². The summed E-state index contributed by atoms with van der Waals surface area (Å²) in [6, 6.07) is 75.6. The SMILES string of the molecule is CC1(C)c2ccccc2N(c2ccccc2)c2cc3c4ccc([Si](c5ccccc5)(c5ccccc5)c5cccc(-c6ccccn6)c5)cc4n(-c4ccccn4)c3cc21. The fourth-order valence-electron chi connectivity index (χ4n) is 9.85. The average Bonchev–Trinajstić information content (AvgIpc) is 3.63. The lowest BCUT2D eigenvalue weighted by molar-refractivity contribution is 0.632. The van der Waals surface area contributed by atoms with Crippen LogP contribution in [0.2, 0.25) is 0 Å². The van der Waals surface area contributed by atoms with Crippen LogP contribution >= 0.6 is 0 Å². The maximum Gasteiger partial charge on any atom is 0.179 e. The third kappa shape index (κ3) is 5.50. The van der Waals surface area contributed by atoms with E-state index in [1.807, 2.05) is 24.5 Å². The molecule has 11 rings (SSSR count). The van der Waals surface area contributed by atoms with Crippen LogP contribution in [0.4, 0.5) is 17.1 Å². The number of fused-ring (bicyclic) bond motifs is 5. The Labute approximate surface area is 351 Å². The van der Waals surface area contributed by atoms with E-state index >= 15 is 0 Å². The molecule has 10 aromatic rings. The van der Waals surface area contributed by atoms with E-state index in [1.165, 1.54) is 54.0 Å². The lowest BCUT2D eigenvalue weighted by Crippen LogP contribution is -2.74. The predicted octanol–water partition coefficient (Wildman–Crippen LogP) is 10.7. The quantitative estimate of drug-likeness (QED) is 0.119. The number of hydrogen-bond acceptors (Lipinski definition) is 3. The number of pyridine rings is 2. The molecule has 0 saturated heterocycles. The molecule has 60 heavy (non-hydrogen) atoms. The standard InChI is InChI=1S/C55H42N4Si/c1-55(2)47-27-12-13-29-50(47)58(40-20-6-3-7-21-40)53-37-46-45-32-31-44(36-51(45)59(52(46)38-48(53)55)54-30-15-17-34-57-54)60(41-22-8-4-9-23-41,42-24-10-5-11-25-42)43-26-18-19-39(35-43)49-28-14-16-33-56-49/h3-38H,1-2H3. The first kappa shape index (κ1) is 35.8. The molecule has 0 atom stereocenters. The zero-order chi connectivity index (χ0) is 40.3. The van der Waals surface area contributed by atoms with Gasteiger partial charge in [0, 0.05) is 39.8 Å². The van der Waals surface area contributed by atoms with Crippen LogP contribution in [0.25, 0.3) is 38.9 Å². The second-order valence-corrected chi connectivity index (χ2v) is 20.0. The van der Waals surface area contributed by atoms with Crippen LogP contribution < -0.4 is 25.6 Å². The van der Waals surface area contributed by atoms with Crippen molar-refractivity contribution >= 4 is 67.7 Å². The molecule has 0 N–H and O–H groups in total. The smallest absolute Gasteiger partial charge is 0.179 e. The van der Waals surface area contributed by atoms with Crippen molar-refractivity contribution in [2.45, 2.75) is 19.3 Å². The average molecular weight is 787 g/mol. The molecule has 0 saturated carbocycles. The summed E-state index contributed by atoms with van der Waals surface area (Å²) in [5.41, 5.74) is 10.2. The number of benzene rings is 7. The van der Waals surface area contributed by atoms with E-state index in [0.717, 1.165) is 33.8 Å². The molecule has 0 fully saturated rings. The van der Waals surface area contributed by atoms with Crippen LogP contribution in [0.3, 0.4) is 0 Å². The number of rotatable bonds is 7. The van der Waals surface area contributed by atoms with E-state index < -0.39 is 8.07 Å². The van der Waals surface area contributed by atoms with Gasteiger partial charge in [-0.15, -0.1) is 0 Å². The summed E-state index contributed by atoms with van der Waals surface area (Å²) < 4.78 is 2.40. The molecule has 0 amide bonds. The second-order valence-electron chi connectivity index (χ2n) is 16.2. The molecule has 0 bridgehead atoms. The zero-order valence-corrected chi connectivity index (χ0v) is 34.6. The largest absolute Gasteiger partial charge is 0.310 e. The summed E-state index contributed by atoms with van der Waals surface area (Å²) in [4.78, 5) is 12.3. The molecule has 0 radical (unpaired) electrons. The van der Waals surface area contributed by atoms with Crippen molar-refractivity contribution in [3.05, 3.63) is 230 Å². The van der Waals surface area contributed by atoms with E-state index in [-0.39, 0.29) is 5.41 Å². The van der Waals surface area contributed by atoms with Gasteiger partial charge in [-0.1, -0.05) is 159 Å². The van der Waals surface area contributed by atoms with E-state index in [1.54, 1.807) is 0 Å². The number of nitrogens with zero attached hydrogens (tertiary/aromatic N) is 4. The number of para-hydroxylation sites is 2. The predicted molar refractivity (Wildman–Crippen MR) is 252 cm³/mol. The molecule has 0 spiro atoms. The Balaban J connectivity index is 1.24. The van der Waals surface area contributed by atoms with E-state index in [2.05, 4.69) is 217 Å². The van der Waals surface area contributed by atoms with Crippen molar-refractivity contribution in [1.29, 1.82) is 0 Å². The maximum absolute atomic E-state index is 5.04. The van der Waals surface area contributed by atoms with Gasteiger partial charge in [-0.05, 0) is 92.5 Å². The first-order chi connectivity index (χ1) is 29.5.